The summed E-state index contributed by atoms with van der Waals surface area (Å²) >= 11 is 1.98. The van der Waals surface area contributed by atoms with Crippen LogP contribution in [0, 0.1) is 0 Å². The molecule has 0 bridgehead atoms. The van der Waals surface area contributed by atoms with E-state index in [4.69, 9.17) is 0 Å². The van der Waals surface area contributed by atoms with E-state index in [9.17, 15) is 4.79 Å². The fraction of sp³-hybridized carbons (Fsp3) is 0.500. The van der Waals surface area contributed by atoms with Crippen molar-refractivity contribution in [3.8, 4) is 0 Å². The maximum atomic E-state index is 11.8. The highest BCUT2D eigenvalue weighted by Gasteiger charge is 2.18. The highest BCUT2D eigenvalue weighted by atomic mass is 32.2. The van der Waals surface area contributed by atoms with Crippen molar-refractivity contribution in [3.05, 3.63) is 30.3 Å². The van der Waals surface area contributed by atoms with Gasteiger partial charge in [-0.1, -0.05) is 18.2 Å². The van der Waals surface area contributed by atoms with E-state index < -0.39 is 0 Å². The molecule has 18 heavy (non-hydrogen) atoms. The van der Waals surface area contributed by atoms with Gasteiger partial charge >= 0.3 is 0 Å². The summed E-state index contributed by atoms with van der Waals surface area (Å²) in [5, 5.41) is 6.43. The SMILES string of the molecule is CC(CC(=O)Nc1ccccc1)NC1CCSC1. The molecule has 1 aliphatic heterocycles. The fourth-order valence-corrected chi connectivity index (χ4v) is 3.30. The van der Waals surface area contributed by atoms with Gasteiger partial charge in [-0.25, -0.2) is 0 Å². The third-order valence-electron chi connectivity index (χ3n) is 3.00. The molecule has 4 heteroatoms. The van der Waals surface area contributed by atoms with Gasteiger partial charge in [0.25, 0.3) is 0 Å². The number of rotatable bonds is 5. The molecule has 98 valence electrons. The van der Waals surface area contributed by atoms with E-state index in [2.05, 4.69) is 17.6 Å². The van der Waals surface area contributed by atoms with E-state index in [-0.39, 0.29) is 11.9 Å². The van der Waals surface area contributed by atoms with Gasteiger partial charge in [0, 0.05) is 29.9 Å². The molecule has 0 aliphatic carbocycles. The molecule has 1 amide bonds. The summed E-state index contributed by atoms with van der Waals surface area (Å²) in [4.78, 5) is 11.8. The van der Waals surface area contributed by atoms with Crippen LogP contribution in [0.25, 0.3) is 0 Å². The molecule has 2 atom stereocenters. The van der Waals surface area contributed by atoms with Crippen LogP contribution in [0.5, 0.6) is 0 Å². The predicted octanol–water partition coefficient (Wildman–Crippen LogP) is 2.50. The minimum absolute atomic E-state index is 0.0758. The molecule has 1 aliphatic rings. The Hall–Kier alpha value is -1.00. The summed E-state index contributed by atoms with van der Waals surface area (Å²) < 4.78 is 0. The van der Waals surface area contributed by atoms with Crippen molar-refractivity contribution in [1.29, 1.82) is 0 Å². The molecule has 0 spiro atoms. The van der Waals surface area contributed by atoms with Crippen LogP contribution in [0.1, 0.15) is 19.8 Å². The second-order valence-electron chi connectivity index (χ2n) is 4.75. The standard InChI is InChI=1S/C14H20N2OS/c1-11(15-13-7-8-18-10-13)9-14(17)16-12-5-3-2-4-6-12/h2-6,11,13,15H,7-10H2,1H3,(H,16,17). The van der Waals surface area contributed by atoms with Crippen LogP contribution < -0.4 is 10.6 Å². The first-order valence-corrected chi connectivity index (χ1v) is 7.58. The number of carbonyl (C=O) groups excluding carboxylic acids is 1. The molecule has 0 saturated carbocycles. The highest BCUT2D eigenvalue weighted by Crippen LogP contribution is 2.17. The number of para-hydroxylation sites is 1. The molecule has 1 heterocycles. The first-order valence-electron chi connectivity index (χ1n) is 6.43. The molecule has 2 N–H and O–H groups in total. The Balaban J connectivity index is 1.73. The maximum Gasteiger partial charge on any atom is 0.225 e. The second-order valence-corrected chi connectivity index (χ2v) is 5.90. The van der Waals surface area contributed by atoms with Crippen molar-refractivity contribution >= 4 is 23.4 Å². The molecular formula is C14H20N2OS. The number of hydrogen-bond donors (Lipinski definition) is 2. The van der Waals surface area contributed by atoms with Gasteiger partial charge in [-0.3, -0.25) is 4.79 Å². The summed E-state index contributed by atoms with van der Waals surface area (Å²) in [5.41, 5.74) is 0.867. The van der Waals surface area contributed by atoms with E-state index in [0.29, 0.717) is 12.5 Å². The molecule has 1 aromatic rings. The average Bonchev–Trinajstić information content (AvgIpc) is 2.82. The van der Waals surface area contributed by atoms with Crippen LogP contribution in [-0.4, -0.2) is 29.5 Å². The highest BCUT2D eigenvalue weighted by molar-refractivity contribution is 7.99. The molecule has 2 unspecified atom stereocenters. The van der Waals surface area contributed by atoms with Crippen molar-refractivity contribution in [1.82, 2.24) is 5.32 Å². The van der Waals surface area contributed by atoms with Gasteiger partial charge in [-0.05, 0) is 31.2 Å². The quantitative estimate of drug-likeness (QED) is 0.858. The van der Waals surface area contributed by atoms with E-state index in [0.717, 1.165) is 5.69 Å². The van der Waals surface area contributed by atoms with Gasteiger partial charge in [0.05, 0.1) is 0 Å². The van der Waals surface area contributed by atoms with Crippen molar-refractivity contribution in [2.24, 2.45) is 0 Å². The lowest BCUT2D eigenvalue weighted by Crippen LogP contribution is -2.38. The molecular weight excluding hydrogens is 244 g/mol. The Morgan fingerprint density at radius 2 is 2.22 bits per heavy atom. The Kier molecular flexibility index (Phi) is 5.08. The minimum atomic E-state index is 0.0758. The first kappa shape index (κ1) is 13.4. The molecule has 0 radical (unpaired) electrons. The topological polar surface area (TPSA) is 41.1 Å². The second kappa shape index (κ2) is 6.81. The molecule has 1 fully saturated rings. The van der Waals surface area contributed by atoms with Crippen LogP contribution in [0.2, 0.25) is 0 Å². The largest absolute Gasteiger partial charge is 0.326 e. The lowest BCUT2D eigenvalue weighted by molar-refractivity contribution is -0.116. The van der Waals surface area contributed by atoms with Gasteiger partial charge < -0.3 is 10.6 Å². The number of nitrogens with one attached hydrogen (secondary N) is 2. The maximum absolute atomic E-state index is 11.8. The fourth-order valence-electron chi connectivity index (χ4n) is 2.14. The molecule has 1 saturated heterocycles. The third-order valence-corrected chi connectivity index (χ3v) is 4.16. The summed E-state index contributed by atoms with van der Waals surface area (Å²) in [7, 11) is 0. The number of benzene rings is 1. The Morgan fingerprint density at radius 3 is 2.89 bits per heavy atom. The van der Waals surface area contributed by atoms with E-state index in [1.165, 1.54) is 17.9 Å². The first-order chi connectivity index (χ1) is 8.74. The number of hydrogen-bond acceptors (Lipinski definition) is 3. The summed E-state index contributed by atoms with van der Waals surface area (Å²) in [5.74, 6) is 2.48. The predicted molar refractivity (Wildman–Crippen MR) is 78.0 cm³/mol. The average molecular weight is 264 g/mol. The lowest BCUT2D eigenvalue weighted by Gasteiger charge is -2.18. The molecule has 2 rings (SSSR count). The zero-order chi connectivity index (χ0) is 12.8. The number of amides is 1. The van der Waals surface area contributed by atoms with Crippen LogP contribution >= 0.6 is 11.8 Å². The monoisotopic (exact) mass is 264 g/mol. The number of thioether (sulfide) groups is 1. The zero-order valence-corrected chi connectivity index (χ0v) is 11.5. The third kappa shape index (κ3) is 4.35. The minimum Gasteiger partial charge on any atom is -0.326 e. The summed E-state index contributed by atoms with van der Waals surface area (Å²) in [6.45, 7) is 2.08. The van der Waals surface area contributed by atoms with Gasteiger partial charge in [0.1, 0.15) is 0 Å². The van der Waals surface area contributed by atoms with Crippen molar-refractivity contribution < 1.29 is 4.79 Å². The van der Waals surface area contributed by atoms with Gasteiger partial charge in [0.15, 0.2) is 0 Å². The Labute approximate surface area is 113 Å². The Morgan fingerprint density at radius 1 is 1.44 bits per heavy atom. The molecule has 1 aromatic carbocycles. The van der Waals surface area contributed by atoms with E-state index in [1.807, 2.05) is 42.1 Å². The van der Waals surface area contributed by atoms with Crippen LogP contribution in [0.15, 0.2) is 30.3 Å². The number of carbonyl (C=O) groups is 1. The van der Waals surface area contributed by atoms with Crippen LogP contribution in [0.4, 0.5) is 5.69 Å². The van der Waals surface area contributed by atoms with Gasteiger partial charge in [0.2, 0.25) is 5.91 Å². The molecule has 0 aromatic heterocycles. The van der Waals surface area contributed by atoms with Crippen molar-refractivity contribution in [2.75, 3.05) is 16.8 Å². The van der Waals surface area contributed by atoms with Crippen molar-refractivity contribution in [2.45, 2.75) is 31.8 Å². The van der Waals surface area contributed by atoms with Crippen LogP contribution in [0.3, 0.4) is 0 Å². The van der Waals surface area contributed by atoms with Gasteiger partial charge in [-0.2, -0.15) is 11.8 Å². The van der Waals surface area contributed by atoms with Crippen LogP contribution in [-0.2, 0) is 4.79 Å². The molecule has 3 nitrogen and oxygen atoms in total. The van der Waals surface area contributed by atoms with E-state index >= 15 is 0 Å². The van der Waals surface area contributed by atoms with E-state index in [1.54, 1.807) is 0 Å². The lowest BCUT2D eigenvalue weighted by atomic mass is 10.1. The normalized spacial score (nSPS) is 20.6. The Bertz CT molecular complexity index is 377. The van der Waals surface area contributed by atoms with Crippen molar-refractivity contribution in [3.63, 3.8) is 0 Å². The summed E-state index contributed by atoms with van der Waals surface area (Å²) in [6, 6.07) is 10.4. The number of anilines is 1. The summed E-state index contributed by atoms with van der Waals surface area (Å²) in [6.07, 6.45) is 1.74. The smallest absolute Gasteiger partial charge is 0.225 e. The zero-order valence-electron chi connectivity index (χ0n) is 10.7. The van der Waals surface area contributed by atoms with Gasteiger partial charge in [-0.15, -0.1) is 0 Å².